The minimum Gasteiger partial charge on any atom is -0.436 e. The fourth-order valence-corrected chi connectivity index (χ4v) is 3.57. The molecule has 0 saturated carbocycles. The van der Waals surface area contributed by atoms with Crippen molar-refractivity contribution >= 4 is 60.1 Å². The second-order valence-corrected chi connectivity index (χ2v) is 6.91. The Kier molecular flexibility index (Phi) is 4.88. The summed E-state index contributed by atoms with van der Waals surface area (Å²) in [5.74, 6) is -1.65. The summed E-state index contributed by atoms with van der Waals surface area (Å²) in [4.78, 5) is 25.9. The first kappa shape index (κ1) is 18.2. The summed E-state index contributed by atoms with van der Waals surface area (Å²) >= 11 is 6.65. The van der Waals surface area contributed by atoms with E-state index in [9.17, 15) is 19.3 Å². The first-order chi connectivity index (χ1) is 12.3. The van der Waals surface area contributed by atoms with Gasteiger partial charge in [0, 0.05) is 22.0 Å². The lowest BCUT2D eigenvalue weighted by molar-refractivity contribution is -0.384. The normalized spacial score (nSPS) is 11.7. The number of halogens is 3. The maximum Gasteiger partial charge on any atom is 0.271 e. The molecule has 2 N–H and O–H groups in total. The Morgan fingerprint density at radius 1 is 1.23 bits per heavy atom. The number of rotatable bonds is 3. The van der Waals surface area contributed by atoms with Crippen LogP contribution in [-0.2, 0) is 0 Å². The van der Waals surface area contributed by atoms with Gasteiger partial charge in [-0.15, -0.1) is 0 Å². The molecule has 0 fully saturated rings. The molecule has 0 aliphatic heterocycles. The van der Waals surface area contributed by atoms with Crippen LogP contribution in [0.1, 0.15) is 10.4 Å². The lowest BCUT2D eigenvalue weighted by Gasteiger charge is -2.05. The van der Waals surface area contributed by atoms with Crippen LogP contribution in [0.15, 0.2) is 54.8 Å². The molecule has 132 valence electrons. The predicted octanol–water partition coefficient (Wildman–Crippen LogP) is 4.34. The number of amides is 1. The van der Waals surface area contributed by atoms with E-state index in [1.165, 1.54) is 6.07 Å². The Hall–Kier alpha value is -2.59. The highest BCUT2D eigenvalue weighted by atomic mass is 79.9. The summed E-state index contributed by atoms with van der Waals surface area (Å²) < 4.78 is 20.9. The summed E-state index contributed by atoms with van der Waals surface area (Å²) in [5.41, 5.74) is 4.67. The standard InChI is InChI=1S/C16H8Br2FN3O4/c17-8-3-7-4-10(15(20)23)16(26-14(7)11(18)5-8)21-13-6-9(22(24)25)1-2-12(13)19/h1-6H,(H2,20,23). The van der Waals surface area contributed by atoms with Gasteiger partial charge < -0.3 is 10.2 Å². The zero-order valence-corrected chi connectivity index (χ0v) is 15.9. The van der Waals surface area contributed by atoms with E-state index in [1.807, 2.05) is 0 Å². The monoisotopic (exact) mass is 483 g/mol. The van der Waals surface area contributed by atoms with Crippen molar-refractivity contribution in [1.29, 1.82) is 0 Å². The van der Waals surface area contributed by atoms with Crippen LogP contribution in [-0.4, -0.2) is 10.8 Å². The third-order valence-electron chi connectivity index (χ3n) is 3.39. The number of fused-ring (bicyclic) bond motifs is 1. The molecule has 1 heterocycles. The molecule has 0 aliphatic carbocycles. The Morgan fingerprint density at radius 2 is 1.96 bits per heavy atom. The van der Waals surface area contributed by atoms with Crippen molar-refractivity contribution < 1.29 is 18.5 Å². The molecule has 1 aromatic heterocycles. The van der Waals surface area contributed by atoms with Gasteiger partial charge in [0.15, 0.2) is 5.58 Å². The first-order valence-corrected chi connectivity index (χ1v) is 8.56. The Balaban J connectivity index is 2.35. The van der Waals surface area contributed by atoms with Gasteiger partial charge in [0.05, 0.1) is 9.40 Å². The Labute approximate surface area is 161 Å². The van der Waals surface area contributed by atoms with Crippen LogP contribution in [0.25, 0.3) is 11.0 Å². The van der Waals surface area contributed by atoms with Gasteiger partial charge in [0.2, 0.25) is 5.55 Å². The van der Waals surface area contributed by atoms with E-state index in [0.717, 1.165) is 22.7 Å². The molecule has 26 heavy (non-hydrogen) atoms. The molecular formula is C16H8Br2FN3O4. The van der Waals surface area contributed by atoms with Crippen LogP contribution >= 0.6 is 31.9 Å². The number of carbonyl (C=O) groups excluding carboxylic acids is 1. The second kappa shape index (κ2) is 6.96. The minimum absolute atomic E-state index is 0.0894. The van der Waals surface area contributed by atoms with Gasteiger partial charge in [0.25, 0.3) is 11.6 Å². The average Bonchev–Trinajstić information content (AvgIpc) is 2.56. The van der Waals surface area contributed by atoms with Crippen molar-refractivity contribution in [2.45, 2.75) is 0 Å². The average molecular weight is 485 g/mol. The minimum atomic E-state index is -0.837. The number of nitro groups is 1. The van der Waals surface area contributed by atoms with Gasteiger partial charge in [0.1, 0.15) is 17.1 Å². The van der Waals surface area contributed by atoms with E-state index < -0.39 is 16.6 Å². The molecule has 0 radical (unpaired) electrons. The SMILES string of the molecule is NC(=O)c1cc2cc(Br)cc(Br)c2oc1=Nc1cc([N+](=O)[O-])ccc1F. The number of nitrogens with two attached hydrogens (primary N) is 1. The molecule has 3 aromatic rings. The Bertz CT molecular complexity index is 1140. The number of non-ortho nitro benzene ring substituents is 1. The van der Waals surface area contributed by atoms with Crippen molar-refractivity contribution in [3.63, 3.8) is 0 Å². The van der Waals surface area contributed by atoms with Crippen LogP contribution in [0, 0.1) is 15.9 Å². The molecule has 0 spiro atoms. The molecular weight excluding hydrogens is 477 g/mol. The lowest BCUT2D eigenvalue weighted by Crippen LogP contribution is -2.21. The highest BCUT2D eigenvalue weighted by Crippen LogP contribution is 2.29. The van der Waals surface area contributed by atoms with E-state index in [2.05, 4.69) is 36.9 Å². The fourth-order valence-electron chi connectivity index (χ4n) is 2.23. The summed E-state index contributed by atoms with van der Waals surface area (Å²) in [6.07, 6.45) is 0. The topological polar surface area (TPSA) is 112 Å². The molecule has 0 atom stereocenters. The molecule has 3 rings (SSSR count). The number of nitro benzene ring substituents is 1. The van der Waals surface area contributed by atoms with Crippen molar-refractivity contribution in [2.24, 2.45) is 10.7 Å². The summed E-state index contributed by atoms with van der Waals surface area (Å²) in [5, 5.41) is 11.4. The van der Waals surface area contributed by atoms with E-state index >= 15 is 0 Å². The van der Waals surface area contributed by atoms with Crippen molar-refractivity contribution in [3.8, 4) is 0 Å². The van der Waals surface area contributed by atoms with E-state index in [-0.39, 0.29) is 22.5 Å². The quantitative estimate of drug-likeness (QED) is 0.440. The molecule has 0 bridgehead atoms. The van der Waals surface area contributed by atoms with Gasteiger partial charge >= 0.3 is 0 Å². The van der Waals surface area contributed by atoms with Crippen LogP contribution < -0.4 is 11.3 Å². The zero-order valence-electron chi connectivity index (χ0n) is 12.7. The maximum atomic E-state index is 14.0. The van der Waals surface area contributed by atoms with E-state index in [1.54, 1.807) is 12.1 Å². The summed E-state index contributed by atoms with van der Waals surface area (Å²) in [6, 6.07) is 7.73. The van der Waals surface area contributed by atoms with Gasteiger partial charge in [-0.3, -0.25) is 14.9 Å². The van der Waals surface area contributed by atoms with Gasteiger partial charge in [-0.2, -0.15) is 0 Å². The fraction of sp³-hybridized carbons (Fsp3) is 0. The van der Waals surface area contributed by atoms with Crippen molar-refractivity contribution in [1.82, 2.24) is 0 Å². The lowest BCUT2D eigenvalue weighted by atomic mass is 10.2. The molecule has 10 heteroatoms. The number of hydrogen-bond acceptors (Lipinski definition) is 5. The van der Waals surface area contributed by atoms with Gasteiger partial charge in [-0.25, -0.2) is 9.38 Å². The van der Waals surface area contributed by atoms with Gasteiger partial charge in [-0.1, -0.05) is 15.9 Å². The second-order valence-electron chi connectivity index (χ2n) is 5.14. The molecule has 0 saturated heterocycles. The number of primary amides is 1. The predicted molar refractivity (Wildman–Crippen MR) is 98.4 cm³/mol. The van der Waals surface area contributed by atoms with Crippen molar-refractivity contribution in [2.75, 3.05) is 0 Å². The first-order valence-electron chi connectivity index (χ1n) is 6.97. The maximum absolute atomic E-state index is 14.0. The number of benzene rings is 2. The molecule has 0 aliphatic rings. The van der Waals surface area contributed by atoms with Crippen molar-refractivity contribution in [3.05, 3.63) is 72.4 Å². The highest BCUT2D eigenvalue weighted by molar-refractivity contribution is 9.11. The van der Waals surface area contributed by atoms with Crippen LogP contribution in [0.2, 0.25) is 0 Å². The number of nitrogens with zero attached hydrogens (tertiary/aromatic N) is 2. The summed E-state index contributed by atoms with van der Waals surface area (Å²) in [6.45, 7) is 0. The Morgan fingerprint density at radius 3 is 2.62 bits per heavy atom. The number of hydrogen-bond donors (Lipinski definition) is 1. The zero-order chi connectivity index (χ0) is 19.0. The van der Waals surface area contributed by atoms with Crippen LogP contribution in [0.5, 0.6) is 0 Å². The third-order valence-corrected chi connectivity index (χ3v) is 4.44. The van der Waals surface area contributed by atoms with Gasteiger partial charge in [-0.05, 0) is 40.2 Å². The van der Waals surface area contributed by atoms with Crippen LogP contribution in [0.4, 0.5) is 15.8 Å². The third kappa shape index (κ3) is 3.51. The van der Waals surface area contributed by atoms with E-state index in [0.29, 0.717) is 15.4 Å². The highest BCUT2D eigenvalue weighted by Gasteiger charge is 2.15. The number of carbonyl (C=O) groups is 1. The smallest absolute Gasteiger partial charge is 0.271 e. The molecule has 1 amide bonds. The summed E-state index contributed by atoms with van der Waals surface area (Å²) in [7, 11) is 0. The molecule has 7 nitrogen and oxygen atoms in total. The van der Waals surface area contributed by atoms with E-state index in [4.69, 9.17) is 10.2 Å². The molecule has 0 unspecified atom stereocenters. The van der Waals surface area contributed by atoms with Crippen LogP contribution in [0.3, 0.4) is 0 Å². The largest absolute Gasteiger partial charge is 0.436 e. The molecule has 2 aromatic carbocycles.